The molecule has 4 aromatic heterocycles. The molecule has 56 heteroatoms. The number of amides is 4. The largest absolute Gasteiger partial charge is 0.481 e. The molecule has 20 N–H and O–H groups in total. The van der Waals surface area contributed by atoms with Crippen LogP contribution in [0.15, 0.2) is 25.3 Å². The second-order valence-corrected chi connectivity index (χ2v) is 43.3. The molecule has 0 aliphatic carbocycles. The van der Waals surface area contributed by atoms with Crippen molar-refractivity contribution in [2.24, 2.45) is 10.8 Å². The van der Waals surface area contributed by atoms with Crippen molar-refractivity contribution >= 4 is 138 Å². The van der Waals surface area contributed by atoms with E-state index < -0.39 is 169 Å². The Morgan fingerprint density at radius 2 is 0.738 bits per heavy atom. The van der Waals surface area contributed by atoms with Crippen LogP contribution in [-0.2, 0) is 101 Å². The Bertz CT molecular complexity index is 4190. The molecule has 0 bridgehead atoms. The van der Waals surface area contributed by atoms with E-state index in [1.54, 1.807) is 0 Å². The number of thioether (sulfide) groups is 2. The number of nitrogens with one attached hydrogen (secondary N) is 4. The molecule has 48 nitrogen and oxygen atoms in total. The molecule has 0 aromatic carbocycles. The average molecular weight is 2010 g/mol. The van der Waals surface area contributed by atoms with Gasteiger partial charge in [-0.05, 0) is 12.8 Å². The zero-order valence-corrected chi connectivity index (χ0v) is 80.9. The summed E-state index contributed by atoms with van der Waals surface area (Å²) in [5.41, 5.74) is 8.58. The summed E-state index contributed by atoms with van der Waals surface area (Å²) in [5.74, 6) is -2.04. The molecule has 2 saturated heterocycles. The van der Waals surface area contributed by atoms with E-state index in [0.29, 0.717) is 24.3 Å². The lowest BCUT2D eigenvalue weighted by Gasteiger charge is -2.30. The topological polar surface area (TPSA) is 727 Å². The molecule has 0 radical (unpaired) electrons. The maximum absolute atomic E-state index is 12.7. The molecule has 2 aliphatic rings. The van der Waals surface area contributed by atoms with Crippen molar-refractivity contribution in [1.82, 2.24) is 60.3 Å². The number of carbonyl (C=O) groups excluding carboxylic acids is 6. The maximum Gasteiger partial charge on any atom is 0.481 e. The van der Waals surface area contributed by atoms with Gasteiger partial charge in [-0.25, -0.2) is 57.3 Å². The van der Waals surface area contributed by atoms with Crippen molar-refractivity contribution in [2.75, 3.05) is 75.6 Å². The van der Waals surface area contributed by atoms with Crippen molar-refractivity contribution in [3.05, 3.63) is 25.3 Å². The first-order chi connectivity index (χ1) is 61.1. The van der Waals surface area contributed by atoms with Gasteiger partial charge in [0.15, 0.2) is 45.6 Å². The number of rotatable bonds is 66. The highest BCUT2D eigenvalue weighted by Gasteiger charge is 2.53. The lowest BCUT2D eigenvalue weighted by Crippen LogP contribution is -2.46. The van der Waals surface area contributed by atoms with Gasteiger partial charge in [-0.1, -0.05) is 219 Å². The summed E-state index contributed by atoms with van der Waals surface area (Å²) in [6.07, 6.45) is 19.1. The Hall–Kier alpha value is -4.88. The number of hydrogen-bond acceptors (Lipinski definition) is 36. The Labute approximate surface area is 762 Å². The van der Waals surface area contributed by atoms with Gasteiger partial charge in [0.05, 0.1) is 39.1 Å². The molecule has 744 valence electrons. The van der Waals surface area contributed by atoms with E-state index in [2.05, 4.69) is 82.7 Å². The van der Waals surface area contributed by atoms with Gasteiger partial charge in [0, 0.05) is 74.2 Å². The van der Waals surface area contributed by atoms with Gasteiger partial charge >= 0.3 is 46.9 Å². The molecule has 2 aliphatic heterocycles. The molecule has 6 heterocycles. The van der Waals surface area contributed by atoms with E-state index in [9.17, 15) is 116 Å². The number of anilines is 2. The van der Waals surface area contributed by atoms with E-state index in [-0.39, 0.29) is 83.2 Å². The number of nitrogens with two attached hydrogens (primary N) is 2. The molecule has 6 rings (SSSR count). The minimum atomic E-state index is -5.57. The van der Waals surface area contributed by atoms with Gasteiger partial charge < -0.3 is 102 Å². The van der Waals surface area contributed by atoms with E-state index >= 15 is 0 Å². The zero-order chi connectivity index (χ0) is 96.5. The lowest BCUT2D eigenvalue weighted by atomic mass is 9.87. The fraction of sp³-hybridized carbons (Fsp3) is 0.784. The van der Waals surface area contributed by atoms with Crippen LogP contribution in [0.1, 0.15) is 247 Å². The van der Waals surface area contributed by atoms with E-state index in [4.69, 9.17) is 39.0 Å². The smallest absolute Gasteiger partial charge is 0.386 e. The fourth-order valence-corrected chi connectivity index (χ4v) is 20.4. The summed E-state index contributed by atoms with van der Waals surface area (Å²) < 4.78 is 125. The molecular formula is C74H132N14O34P6S2. The third-order valence-electron chi connectivity index (χ3n) is 20.5. The van der Waals surface area contributed by atoms with Gasteiger partial charge in [-0.15, -0.1) is 0 Å². The number of aromatic nitrogens is 8. The molecule has 4 amide bonds. The number of unbranched alkanes of at least 4 members (excludes halogenated alkanes) is 24. The number of ether oxygens (including phenoxy) is 2. The summed E-state index contributed by atoms with van der Waals surface area (Å²) in [6.45, 7) is 5.62. The van der Waals surface area contributed by atoms with Gasteiger partial charge in [-0.2, -0.15) is 8.62 Å². The highest BCUT2D eigenvalue weighted by molar-refractivity contribution is 8.13. The number of carbonyl (C=O) groups is 6. The number of phosphoric acid groups is 6. The maximum atomic E-state index is 12.7. The van der Waals surface area contributed by atoms with Crippen LogP contribution in [0.2, 0.25) is 0 Å². The highest BCUT2D eigenvalue weighted by Crippen LogP contribution is 2.63. The van der Waals surface area contributed by atoms with E-state index in [1.165, 1.54) is 156 Å². The Morgan fingerprint density at radius 1 is 0.438 bits per heavy atom. The standard InChI is InChI=1S/2C37H66N7O17P3S/c2*1-4-5-6-7-8-9-10-11-12-13-14-15-16-17-28(46)65-21-20-39-27(45)18-19-40-35(49)32(48)37(2,3)23-58-64(55,56)61-63(53,54)57-22-26-31(60-62(50,51)52)30(47)36(59-26)44-25-43-29-33(38)41-24-42-34(29)44/h2*24-26,30-32,36,47-48H,4-23H2,1-3H3,(H,39,45)(H,40,49)(H,53,54)(H,55,56)(H2,38,41,42)(H2,50,51,52)/t2*26-,30-,31-,32+,36-/m11/s1. The first-order valence-corrected chi connectivity index (χ1v) is 54.2. The molecule has 4 aromatic rings. The van der Waals surface area contributed by atoms with Crippen molar-refractivity contribution in [1.29, 1.82) is 0 Å². The molecule has 4 unspecified atom stereocenters. The van der Waals surface area contributed by atoms with Crippen LogP contribution < -0.4 is 32.7 Å². The van der Waals surface area contributed by atoms with Gasteiger partial charge in [-0.3, -0.25) is 65.0 Å². The SMILES string of the molecule is CCCCCCCCCCCCCCCC(=O)SCCNC(=O)CCNC(=O)[C@H](O)C(C)(C)COP(=O)(O)OP(=O)(O)OC[C@H]1O[C@@H](n2cnc3c(N)ncnc32)[C@H](O)[C@@H]1OP(=O)(O)O.CCCCCCCCCCCCCCCC(=O)SCCNC(=O)CCNC(=O)[C@H](O)C(C)(C)COP(=O)(O)OP(=O)(O)OC[C@H]1O[C@@H](n2cnc3c(N)ncnc32)[C@H](O)[C@@H]1OP(=O)(O)O. The van der Waals surface area contributed by atoms with Gasteiger partial charge in [0.25, 0.3) is 0 Å². The minimum Gasteiger partial charge on any atom is -0.386 e. The number of aliphatic hydroxyl groups excluding tert-OH is 4. The predicted molar refractivity (Wildman–Crippen MR) is 475 cm³/mol. The second-order valence-electron chi connectivity index (χ2n) is 32.6. The number of nitrogen functional groups attached to an aromatic ring is 2. The second kappa shape index (κ2) is 57.4. The fourth-order valence-electron chi connectivity index (χ4n) is 13.3. The van der Waals surface area contributed by atoms with Crippen LogP contribution in [0.5, 0.6) is 0 Å². The summed E-state index contributed by atoms with van der Waals surface area (Å²) in [5, 5.41) is 53.3. The number of fused-ring (bicyclic) bond motifs is 2. The van der Waals surface area contributed by atoms with Crippen LogP contribution in [0, 0.1) is 10.8 Å². The number of aliphatic hydroxyl groups is 4. The van der Waals surface area contributed by atoms with Crippen LogP contribution in [0.3, 0.4) is 0 Å². The van der Waals surface area contributed by atoms with Crippen molar-refractivity contribution in [2.45, 2.75) is 295 Å². The van der Waals surface area contributed by atoms with Crippen LogP contribution in [0.25, 0.3) is 22.3 Å². The number of hydrogen-bond donors (Lipinski definition) is 18. The number of phosphoric ester groups is 6. The first-order valence-electron chi connectivity index (χ1n) is 43.2. The molecule has 0 spiro atoms. The third-order valence-corrected chi connectivity index (χ3v) is 28.6. The normalized spacial score (nSPS) is 20.3. The molecular weight excluding hydrogens is 1880 g/mol. The Balaban J connectivity index is 0.000000460. The zero-order valence-electron chi connectivity index (χ0n) is 73.9. The summed E-state index contributed by atoms with van der Waals surface area (Å²) in [7, 11) is -32.8. The molecule has 2 fully saturated rings. The van der Waals surface area contributed by atoms with Crippen molar-refractivity contribution < 1.29 is 161 Å². The van der Waals surface area contributed by atoms with Gasteiger partial charge in [0.1, 0.15) is 72.5 Å². The summed E-state index contributed by atoms with van der Waals surface area (Å²) in [6, 6.07) is 0. The van der Waals surface area contributed by atoms with E-state index in [0.717, 1.165) is 96.5 Å². The van der Waals surface area contributed by atoms with Crippen molar-refractivity contribution in [3.63, 3.8) is 0 Å². The van der Waals surface area contributed by atoms with E-state index in [1.807, 2.05) is 0 Å². The molecule has 0 saturated carbocycles. The van der Waals surface area contributed by atoms with Gasteiger partial charge in [0.2, 0.25) is 23.6 Å². The summed E-state index contributed by atoms with van der Waals surface area (Å²) >= 11 is 2.31. The Kier molecular flexibility index (Phi) is 51.0. The minimum absolute atomic E-state index is 0.0338. The van der Waals surface area contributed by atoms with Crippen LogP contribution in [0.4, 0.5) is 11.6 Å². The Morgan fingerprint density at radius 3 is 1.05 bits per heavy atom. The monoisotopic (exact) mass is 2010 g/mol. The lowest BCUT2D eigenvalue weighted by molar-refractivity contribution is -0.137. The number of nitrogens with zero attached hydrogens (tertiary/aromatic N) is 8. The molecule has 14 atom stereocenters. The number of imidazole rings is 2. The molecule has 130 heavy (non-hydrogen) atoms. The van der Waals surface area contributed by atoms with Crippen LogP contribution in [-0.4, -0.2) is 245 Å². The predicted octanol–water partition coefficient (Wildman–Crippen LogP) is 8.29. The quantitative estimate of drug-likeness (QED) is 0.0146. The van der Waals surface area contributed by atoms with Crippen molar-refractivity contribution in [3.8, 4) is 0 Å². The first kappa shape index (κ1) is 116. The highest BCUT2D eigenvalue weighted by atomic mass is 32.2. The third kappa shape index (κ3) is 43.6. The average Bonchev–Trinajstić information content (AvgIpc) is 1.62. The van der Waals surface area contributed by atoms with Crippen LogP contribution >= 0.6 is 70.5 Å². The summed E-state index contributed by atoms with van der Waals surface area (Å²) in [4.78, 5) is 177.